The van der Waals surface area contributed by atoms with Gasteiger partial charge in [-0.05, 0) is 19.3 Å². The van der Waals surface area contributed by atoms with E-state index in [0.717, 1.165) is 24.5 Å². The molecule has 0 unspecified atom stereocenters. The van der Waals surface area contributed by atoms with Gasteiger partial charge in [0.15, 0.2) is 0 Å². The van der Waals surface area contributed by atoms with E-state index in [0.29, 0.717) is 12.6 Å². The Morgan fingerprint density at radius 1 is 1.47 bits per heavy atom. The third kappa shape index (κ3) is 2.45. The van der Waals surface area contributed by atoms with E-state index in [1.807, 2.05) is 0 Å². The van der Waals surface area contributed by atoms with Crippen LogP contribution in [0.3, 0.4) is 0 Å². The average Bonchev–Trinajstić information content (AvgIpc) is 3.10. The van der Waals surface area contributed by atoms with Gasteiger partial charge in [0, 0.05) is 30.9 Å². The molecule has 0 amide bonds. The van der Waals surface area contributed by atoms with Gasteiger partial charge in [0.05, 0.1) is 0 Å². The maximum absolute atomic E-state index is 5.62. The normalized spacial score (nSPS) is 15.3. The highest BCUT2D eigenvalue weighted by Gasteiger charge is 2.29. The molecule has 0 aromatic carbocycles. The third-order valence-corrected chi connectivity index (χ3v) is 2.72. The van der Waals surface area contributed by atoms with Gasteiger partial charge in [-0.25, -0.2) is 9.97 Å². The Morgan fingerprint density at radius 2 is 2.27 bits per heavy atom. The predicted molar refractivity (Wildman–Crippen MR) is 60.8 cm³/mol. The molecule has 2 rings (SSSR count). The molecule has 1 aliphatic rings. The highest BCUT2D eigenvalue weighted by molar-refractivity contribution is 5.41. The first kappa shape index (κ1) is 10.4. The molecule has 0 bridgehead atoms. The molecule has 0 spiro atoms. The number of hydrogen-bond acceptors (Lipinski definition) is 4. The Bertz CT molecular complexity index is 322. The van der Waals surface area contributed by atoms with E-state index >= 15 is 0 Å². The fraction of sp³-hybridized carbons (Fsp3) is 0.636. The second kappa shape index (κ2) is 4.57. The van der Waals surface area contributed by atoms with E-state index < -0.39 is 0 Å². The van der Waals surface area contributed by atoms with Gasteiger partial charge in [-0.2, -0.15) is 0 Å². The molecule has 1 fully saturated rings. The lowest BCUT2D eigenvalue weighted by molar-refractivity contribution is 0.765. The van der Waals surface area contributed by atoms with Gasteiger partial charge in [-0.1, -0.05) is 6.92 Å². The molecule has 1 aromatic heterocycles. The maximum atomic E-state index is 5.62. The zero-order valence-corrected chi connectivity index (χ0v) is 9.19. The van der Waals surface area contributed by atoms with E-state index in [2.05, 4.69) is 27.9 Å². The molecular weight excluding hydrogens is 188 g/mol. The van der Waals surface area contributed by atoms with E-state index in [1.54, 1.807) is 6.33 Å². The predicted octanol–water partition coefficient (Wildman–Crippen LogP) is 0.967. The first-order chi connectivity index (χ1) is 7.35. The van der Waals surface area contributed by atoms with E-state index in [4.69, 9.17) is 5.73 Å². The smallest absolute Gasteiger partial charge is 0.132 e. The van der Waals surface area contributed by atoms with Crippen molar-refractivity contribution in [3.8, 4) is 0 Å². The molecule has 0 saturated heterocycles. The molecular formula is C11H18N4. The molecule has 4 heteroatoms. The molecule has 0 atom stereocenters. The number of hydrogen-bond donors (Lipinski definition) is 1. The van der Waals surface area contributed by atoms with Gasteiger partial charge in [-0.15, -0.1) is 0 Å². The molecule has 0 radical (unpaired) electrons. The number of aryl methyl sites for hydroxylation is 1. The van der Waals surface area contributed by atoms with Gasteiger partial charge in [0.1, 0.15) is 12.1 Å². The van der Waals surface area contributed by atoms with Crippen LogP contribution in [-0.4, -0.2) is 29.1 Å². The minimum Gasteiger partial charge on any atom is -0.352 e. The quantitative estimate of drug-likeness (QED) is 0.780. The standard InChI is InChI=1S/C11H18N4/c1-2-9-7-11(14-8-13-9)15(6-5-12)10-3-4-10/h7-8,10H,2-6,12H2,1H3. The number of nitrogens with zero attached hydrogens (tertiary/aromatic N) is 3. The van der Waals surface area contributed by atoms with Gasteiger partial charge in [-0.3, -0.25) is 0 Å². The summed E-state index contributed by atoms with van der Waals surface area (Å²) in [4.78, 5) is 10.8. The van der Waals surface area contributed by atoms with Gasteiger partial charge < -0.3 is 10.6 Å². The monoisotopic (exact) mass is 206 g/mol. The molecule has 1 heterocycles. The van der Waals surface area contributed by atoms with Crippen molar-refractivity contribution in [2.75, 3.05) is 18.0 Å². The van der Waals surface area contributed by atoms with Crippen molar-refractivity contribution in [3.05, 3.63) is 18.1 Å². The number of nitrogens with two attached hydrogens (primary N) is 1. The van der Waals surface area contributed by atoms with Crippen LogP contribution < -0.4 is 10.6 Å². The molecule has 15 heavy (non-hydrogen) atoms. The van der Waals surface area contributed by atoms with Crippen LogP contribution in [0.1, 0.15) is 25.5 Å². The Morgan fingerprint density at radius 3 is 2.87 bits per heavy atom. The maximum Gasteiger partial charge on any atom is 0.132 e. The van der Waals surface area contributed by atoms with Gasteiger partial charge in [0.25, 0.3) is 0 Å². The zero-order chi connectivity index (χ0) is 10.7. The third-order valence-electron chi connectivity index (χ3n) is 2.72. The second-order valence-corrected chi connectivity index (χ2v) is 3.93. The topological polar surface area (TPSA) is 55.0 Å². The first-order valence-electron chi connectivity index (χ1n) is 5.62. The van der Waals surface area contributed by atoms with Crippen LogP contribution in [0.25, 0.3) is 0 Å². The lowest BCUT2D eigenvalue weighted by Crippen LogP contribution is -2.32. The molecule has 2 N–H and O–H groups in total. The largest absolute Gasteiger partial charge is 0.352 e. The average molecular weight is 206 g/mol. The Hall–Kier alpha value is -1.16. The number of rotatable bonds is 5. The second-order valence-electron chi connectivity index (χ2n) is 3.93. The van der Waals surface area contributed by atoms with Crippen LogP contribution in [-0.2, 0) is 6.42 Å². The summed E-state index contributed by atoms with van der Waals surface area (Å²) < 4.78 is 0. The summed E-state index contributed by atoms with van der Waals surface area (Å²) in [6, 6.07) is 2.74. The van der Waals surface area contributed by atoms with Crippen molar-refractivity contribution in [3.63, 3.8) is 0 Å². The van der Waals surface area contributed by atoms with Crippen LogP contribution in [0, 0.1) is 0 Å². The first-order valence-corrected chi connectivity index (χ1v) is 5.62. The van der Waals surface area contributed by atoms with Crippen molar-refractivity contribution in [2.24, 2.45) is 5.73 Å². The van der Waals surface area contributed by atoms with Gasteiger partial charge in [0.2, 0.25) is 0 Å². The van der Waals surface area contributed by atoms with Crippen LogP contribution in [0.5, 0.6) is 0 Å². The summed E-state index contributed by atoms with van der Waals surface area (Å²) in [7, 11) is 0. The SMILES string of the molecule is CCc1cc(N(CCN)C2CC2)ncn1. The van der Waals surface area contributed by atoms with E-state index in [1.165, 1.54) is 12.8 Å². The van der Waals surface area contributed by atoms with Crippen LogP contribution in [0.4, 0.5) is 5.82 Å². The Kier molecular flexibility index (Phi) is 3.16. The van der Waals surface area contributed by atoms with Crippen molar-refractivity contribution >= 4 is 5.82 Å². The van der Waals surface area contributed by atoms with Crippen LogP contribution in [0.2, 0.25) is 0 Å². The summed E-state index contributed by atoms with van der Waals surface area (Å²) in [6.07, 6.45) is 5.15. The molecule has 1 saturated carbocycles. The van der Waals surface area contributed by atoms with Crippen molar-refractivity contribution < 1.29 is 0 Å². The van der Waals surface area contributed by atoms with E-state index in [-0.39, 0.29) is 0 Å². The minimum absolute atomic E-state index is 0.660. The van der Waals surface area contributed by atoms with Crippen LogP contribution >= 0.6 is 0 Å². The number of aromatic nitrogens is 2. The summed E-state index contributed by atoms with van der Waals surface area (Å²) in [5.41, 5.74) is 6.72. The Balaban J connectivity index is 2.16. The molecule has 1 aliphatic carbocycles. The minimum atomic E-state index is 0.660. The molecule has 1 aromatic rings. The fourth-order valence-electron chi connectivity index (χ4n) is 1.75. The van der Waals surface area contributed by atoms with Crippen molar-refractivity contribution in [2.45, 2.75) is 32.2 Å². The van der Waals surface area contributed by atoms with E-state index in [9.17, 15) is 0 Å². The summed E-state index contributed by atoms with van der Waals surface area (Å²) >= 11 is 0. The Labute approximate surface area is 90.5 Å². The summed E-state index contributed by atoms with van der Waals surface area (Å²) in [5, 5.41) is 0. The molecule has 0 aliphatic heterocycles. The highest BCUT2D eigenvalue weighted by atomic mass is 15.2. The fourth-order valence-corrected chi connectivity index (χ4v) is 1.75. The number of anilines is 1. The molecule has 82 valence electrons. The lowest BCUT2D eigenvalue weighted by atomic mass is 10.3. The van der Waals surface area contributed by atoms with Crippen LogP contribution in [0.15, 0.2) is 12.4 Å². The lowest BCUT2D eigenvalue weighted by Gasteiger charge is -2.22. The highest BCUT2D eigenvalue weighted by Crippen LogP contribution is 2.30. The van der Waals surface area contributed by atoms with Crippen molar-refractivity contribution in [1.82, 2.24) is 9.97 Å². The van der Waals surface area contributed by atoms with Crippen molar-refractivity contribution in [1.29, 1.82) is 0 Å². The summed E-state index contributed by atoms with van der Waals surface area (Å²) in [5.74, 6) is 1.04. The molecule has 4 nitrogen and oxygen atoms in total. The zero-order valence-electron chi connectivity index (χ0n) is 9.19. The summed E-state index contributed by atoms with van der Waals surface area (Å²) in [6.45, 7) is 3.68. The van der Waals surface area contributed by atoms with Gasteiger partial charge >= 0.3 is 0 Å².